The normalized spacial score (nSPS) is 20.3. The van der Waals surface area contributed by atoms with Crippen LogP contribution in [0.5, 0.6) is 0 Å². The van der Waals surface area contributed by atoms with E-state index in [0.717, 1.165) is 18.6 Å². The molecule has 2 atom stereocenters. The van der Waals surface area contributed by atoms with Crippen molar-refractivity contribution in [3.05, 3.63) is 21.9 Å². The van der Waals surface area contributed by atoms with Gasteiger partial charge in [0.05, 0.1) is 0 Å². The minimum Gasteiger partial charge on any atom is -0.348 e. The van der Waals surface area contributed by atoms with Gasteiger partial charge >= 0.3 is 0 Å². The number of halogens is 1. The monoisotopic (exact) mass is 348 g/mol. The Morgan fingerprint density at radius 2 is 2.29 bits per heavy atom. The van der Waals surface area contributed by atoms with Crippen molar-refractivity contribution in [1.29, 1.82) is 0 Å². The third-order valence-corrected chi connectivity index (χ3v) is 5.89. The molecule has 1 aliphatic rings. The molecule has 0 radical (unpaired) electrons. The Bertz CT molecular complexity index is 478. The molecule has 0 bridgehead atoms. The maximum Gasteiger partial charge on any atom is 0.238 e. The number of thiophene rings is 1. The molecule has 0 spiro atoms. The summed E-state index contributed by atoms with van der Waals surface area (Å²) in [5, 5.41) is 5.22. The van der Waals surface area contributed by atoms with Crippen LogP contribution in [0.4, 0.5) is 0 Å². The topological polar surface area (TPSA) is 55.1 Å². The Labute approximate surface area is 141 Å². The van der Waals surface area contributed by atoms with Crippen LogP contribution >= 0.6 is 35.5 Å². The number of aryl methyl sites for hydroxylation is 1. The number of nitrogens with two attached hydrogens (primary N) is 1. The van der Waals surface area contributed by atoms with Crippen molar-refractivity contribution in [2.45, 2.75) is 44.4 Å². The average molecular weight is 349 g/mol. The quantitative estimate of drug-likeness (QED) is 0.857. The molecule has 2 unspecified atom stereocenters. The SMILES string of the molecule is CC(C)CC(C)(CN)NC(=O)C1SCCc2sccc21.Cl. The van der Waals surface area contributed by atoms with Gasteiger partial charge in [-0.1, -0.05) is 13.8 Å². The van der Waals surface area contributed by atoms with Gasteiger partial charge in [0, 0.05) is 17.0 Å². The summed E-state index contributed by atoms with van der Waals surface area (Å²) < 4.78 is 0. The smallest absolute Gasteiger partial charge is 0.238 e. The molecule has 0 aromatic carbocycles. The van der Waals surface area contributed by atoms with Crippen LogP contribution in [0.25, 0.3) is 0 Å². The van der Waals surface area contributed by atoms with Gasteiger partial charge in [-0.2, -0.15) is 0 Å². The highest BCUT2D eigenvalue weighted by molar-refractivity contribution is 8.00. The predicted molar refractivity (Wildman–Crippen MR) is 95.5 cm³/mol. The maximum absolute atomic E-state index is 12.6. The van der Waals surface area contributed by atoms with Crippen LogP contribution in [-0.2, 0) is 11.2 Å². The minimum atomic E-state index is -0.306. The largest absolute Gasteiger partial charge is 0.348 e. The van der Waals surface area contributed by atoms with Crippen molar-refractivity contribution in [1.82, 2.24) is 5.32 Å². The number of amides is 1. The second-order valence-electron chi connectivity index (χ2n) is 6.15. The Morgan fingerprint density at radius 3 is 2.90 bits per heavy atom. The lowest BCUT2D eigenvalue weighted by atomic mass is 9.90. The Hall–Kier alpha value is -0.230. The number of nitrogens with one attached hydrogen (secondary N) is 1. The highest BCUT2D eigenvalue weighted by Crippen LogP contribution is 2.39. The van der Waals surface area contributed by atoms with Crippen molar-refractivity contribution in [3.63, 3.8) is 0 Å². The molecule has 2 heterocycles. The molecule has 21 heavy (non-hydrogen) atoms. The maximum atomic E-state index is 12.6. The van der Waals surface area contributed by atoms with Crippen molar-refractivity contribution in [3.8, 4) is 0 Å². The molecule has 3 nitrogen and oxygen atoms in total. The molecule has 2 rings (SSSR count). The van der Waals surface area contributed by atoms with Crippen LogP contribution in [0.2, 0.25) is 0 Å². The van der Waals surface area contributed by atoms with Crippen molar-refractivity contribution in [2.24, 2.45) is 11.7 Å². The van der Waals surface area contributed by atoms with Gasteiger partial charge in [0.15, 0.2) is 0 Å². The molecule has 3 N–H and O–H groups in total. The van der Waals surface area contributed by atoms with Gasteiger partial charge < -0.3 is 11.1 Å². The molecular formula is C15H25ClN2OS2. The summed E-state index contributed by atoms with van der Waals surface area (Å²) in [5.74, 6) is 1.65. The van der Waals surface area contributed by atoms with E-state index < -0.39 is 0 Å². The number of fused-ring (bicyclic) bond motifs is 1. The van der Waals surface area contributed by atoms with E-state index in [2.05, 4.69) is 30.6 Å². The van der Waals surface area contributed by atoms with Crippen LogP contribution in [0.15, 0.2) is 11.4 Å². The van der Waals surface area contributed by atoms with E-state index >= 15 is 0 Å². The molecule has 1 aromatic rings. The number of rotatable bonds is 5. The molecule has 1 aliphatic heterocycles. The fourth-order valence-corrected chi connectivity index (χ4v) is 5.11. The van der Waals surface area contributed by atoms with E-state index in [4.69, 9.17) is 5.73 Å². The average Bonchev–Trinajstić information content (AvgIpc) is 2.85. The summed E-state index contributed by atoms with van der Waals surface area (Å²) in [7, 11) is 0. The minimum absolute atomic E-state index is 0. The van der Waals surface area contributed by atoms with E-state index in [1.807, 2.05) is 6.92 Å². The zero-order valence-corrected chi connectivity index (χ0v) is 15.3. The van der Waals surface area contributed by atoms with E-state index in [-0.39, 0.29) is 29.1 Å². The van der Waals surface area contributed by atoms with Crippen LogP contribution in [0, 0.1) is 5.92 Å². The second kappa shape index (κ2) is 7.86. The summed E-state index contributed by atoms with van der Waals surface area (Å²) >= 11 is 3.51. The molecule has 0 saturated carbocycles. The van der Waals surface area contributed by atoms with E-state index in [1.165, 1.54) is 10.4 Å². The third-order valence-electron chi connectivity index (χ3n) is 3.65. The zero-order valence-electron chi connectivity index (χ0n) is 12.8. The number of carbonyl (C=O) groups is 1. The Morgan fingerprint density at radius 1 is 1.57 bits per heavy atom. The first-order chi connectivity index (χ1) is 9.45. The van der Waals surface area contributed by atoms with Gasteiger partial charge in [-0.15, -0.1) is 35.5 Å². The first-order valence-electron chi connectivity index (χ1n) is 7.15. The fraction of sp³-hybridized carbons (Fsp3) is 0.667. The second-order valence-corrected chi connectivity index (χ2v) is 8.37. The van der Waals surface area contributed by atoms with Gasteiger partial charge in [0.2, 0.25) is 5.91 Å². The zero-order chi connectivity index (χ0) is 14.8. The van der Waals surface area contributed by atoms with Gasteiger partial charge in [-0.25, -0.2) is 0 Å². The third kappa shape index (κ3) is 4.62. The van der Waals surface area contributed by atoms with Crippen molar-refractivity contribution >= 4 is 41.4 Å². The molecule has 0 saturated heterocycles. The first-order valence-corrected chi connectivity index (χ1v) is 9.08. The van der Waals surface area contributed by atoms with E-state index in [1.54, 1.807) is 23.1 Å². The van der Waals surface area contributed by atoms with E-state index in [9.17, 15) is 4.79 Å². The first kappa shape index (κ1) is 18.8. The standard InChI is InChI=1S/C15H24N2OS2.ClH/c1-10(2)8-15(3,9-16)17-14(18)13-11-4-6-19-12(11)5-7-20-13;/h4,6,10,13H,5,7-9,16H2,1-3H3,(H,17,18);1H. The van der Waals surface area contributed by atoms with Crippen molar-refractivity contribution in [2.75, 3.05) is 12.3 Å². The van der Waals surface area contributed by atoms with Gasteiger partial charge in [0.1, 0.15) is 5.25 Å². The van der Waals surface area contributed by atoms with E-state index in [0.29, 0.717) is 12.5 Å². The summed E-state index contributed by atoms with van der Waals surface area (Å²) in [6.07, 6.45) is 1.99. The molecular weight excluding hydrogens is 324 g/mol. The summed E-state index contributed by atoms with van der Waals surface area (Å²) in [6.45, 7) is 6.84. The van der Waals surface area contributed by atoms with Gasteiger partial charge in [0.25, 0.3) is 0 Å². The molecule has 0 fully saturated rings. The summed E-state index contributed by atoms with van der Waals surface area (Å²) in [6, 6.07) is 2.10. The lowest BCUT2D eigenvalue weighted by Gasteiger charge is -2.33. The predicted octanol–water partition coefficient (Wildman–Crippen LogP) is 3.38. The molecule has 1 aromatic heterocycles. The number of hydrogen-bond donors (Lipinski definition) is 2. The Balaban J connectivity index is 0.00000220. The summed E-state index contributed by atoms with van der Waals surface area (Å²) in [5.41, 5.74) is 6.78. The lowest BCUT2D eigenvalue weighted by molar-refractivity contribution is -0.122. The molecule has 0 aliphatic carbocycles. The molecule has 6 heteroatoms. The van der Waals surface area contributed by atoms with Gasteiger partial charge in [-0.3, -0.25) is 4.79 Å². The van der Waals surface area contributed by atoms with Crippen molar-refractivity contribution < 1.29 is 4.79 Å². The number of carbonyl (C=O) groups excluding carboxylic acids is 1. The Kier molecular flexibility index (Phi) is 7.04. The highest BCUT2D eigenvalue weighted by atomic mass is 35.5. The van der Waals surface area contributed by atoms with Crippen LogP contribution in [0.3, 0.4) is 0 Å². The van der Waals surface area contributed by atoms with Crippen LogP contribution in [0.1, 0.15) is 42.9 Å². The fourth-order valence-electron chi connectivity index (χ4n) is 2.81. The number of hydrogen-bond acceptors (Lipinski definition) is 4. The van der Waals surface area contributed by atoms with Crippen LogP contribution < -0.4 is 11.1 Å². The summed E-state index contributed by atoms with van der Waals surface area (Å²) in [4.78, 5) is 14.0. The molecule has 120 valence electrons. The van der Waals surface area contributed by atoms with Gasteiger partial charge in [-0.05, 0) is 48.4 Å². The highest BCUT2D eigenvalue weighted by Gasteiger charge is 2.33. The lowest BCUT2D eigenvalue weighted by Crippen LogP contribution is -2.53. The van der Waals surface area contributed by atoms with Crippen LogP contribution in [-0.4, -0.2) is 23.7 Å². The molecule has 1 amide bonds. The number of thioether (sulfide) groups is 1.